The van der Waals surface area contributed by atoms with E-state index < -0.39 is 0 Å². The van der Waals surface area contributed by atoms with Crippen molar-refractivity contribution in [2.75, 3.05) is 0 Å². The molecule has 0 fully saturated rings. The van der Waals surface area contributed by atoms with Crippen molar-refractivity contribution in [1.82, 2.24) is 0 Å². The van der Waals surface area contributed by atoms with Crippen molar-refractivity contribution < 1.29 is 9.53 Å². The van der Waals surface area contributed by atoms with Crippen molar-refractivity contribution >= 4 is 5.97 Å². The molecule has 0 spiro atoms. The van der Waals surface area contributed by atoms with Gasteiger partial charge in [-0.05, 0) is 38.5 Å². The fourth-order valence-electron chi connectivity index (χ4n) is 2.07. The normalized spacial score (nSPS) is 12.9. The van der Waals surface area contributed by atoms with Crippen molar-refractivity contribution in [1.29, 1.82) is 0 Å². The van der Waals surface area contributed by atoms with Crippen molar-refractivity contribution in [2.24, 2.45) is 0 Å². The maximum Gasteiger partial charge on any atom is 0.302 e. The van der Waals surface area contributed by atoms with Crippen LogP contribution in [0.3, 0.4) is 0 Å². The molecule has 0 aliphatic heterocycles. The molecule has 0 bridgehead atoms. The van der Waals surface area contributed by atoms with Crippen LogP contribution in [0.1, 0.15) is 65.2 Å². The Morgan fingerprint density at radius 2 is 1.80 bits per heavy atom. The molecule has 0 aliphatic rings. The van der Waals surface area contributed by atoms with E-state index in [1.807, 2.05) is 18.2 Å². The molecule has 0 saturated heterocycles. The molecule has 0 radical (unpaired) electrons. The Labute approximate surface area is 124 Å². The number of unbranched alkanes of at least 4 members (excludes halogenated alkanes) is 4. The van der Waals surface area contributed by atoms with Gasteiger partial charge in [0.2, 0.25) is 0 Å². The predicted octanol–water partition coefficient (Wildman–Crippen LogP) is 5.36. The lowest BCUT2D eigenvalue weighted by Gasteiger charge is -2.16. The van der Waals surface area contributed by atoms with E-state index in [0.29, 0.717) is 0 Å². The minimum absolute atomic E-state index is 0.115. The molecule has 0 rings (SSSR count). The minimum atomic E-state index is -0.152. The number of carbonyl (C=O) groups is 1. The molecule has 0 heterocycles. The number of hydrogen-bond donors (Lipinski definition) is 0. The maximum atomic E-state index is 11.1. The van der Waals surface area contributed by atoms with Gasteiger partial charge in [0.05, 0.1) is 0 Å². The SMILES string of the molecule is C=CC=CC=CCCCCC(CCCCC)OC(C)=O. The first-order valence-corrected chi connectivity index (χ1v) is 7.82. The first-order chi connectivity index (χ1) is 9.70. The molecule has 1 atom stereocenters. The Bertz CT molecular complexity index is 303. The van der Waals surface area contributed by atoms with Crippen LogP contribution in [0.25, 0.3) is 0 Å². The highest BCUT2D eigenvalue weighted by Gasteiger charge is 2.10. The Balaban J connectivity index is 3.77. The minimum Gasteiger partial charge on any atom is -0.463 e. The molecule has 20 heavy (non-hydrogen) atoms. The highest BCUT2D eigenvalue weighted by molar-refractivity contribution is 5.66. The van der Waals surface area contributed by atoms with Crippen LogP contribution < -0.4 is 0 Å². The molecule has 1 unspecified atom stereocenters. The first-order valence-electron chi connectivity index (χ1n) is 7.82. The predicted molar refractivity (Wildman–Crippen MR) is 86.6 cm³/mol. The van der Waals surface area contributed by atoms with Gasteiger partial charge in [-0.15, -0.1) is 0 Å². The van der Waals surface area contributed by atoms with Crippen molar-refractivity contribution in [3.8, 4) is 0 Å². The molecule has 0 aliphatic carbocycles. The summed E-state index contributed by atoms with van der Waals surface area (Å²) >= 11 is 0. The van der Waals surface area contributed by atoms with Crippen molar-refractivity contribution in [2.45, 2.75) is 71.3 Å². The monoisotopic (exact) mass is 278 g/mol. The van der Waals surface area contributed by atoms with Crippen LogP contribution in [0.5, 0.6) is 0 Å². The molecule has 0 aromatic carbocycles. The van der Waals surface area contributed by atoms with Gasteiger partial charge in [-0.3, -0.25) is 4.79 Å². The van der Waals surface area contributed by atoms with Gasteiger partial charge in [0.1, 0.15) is 6.10 Å². The van der Waals surface area contributed by atoms with Crippen molar-refractivity contribution in [3.63, 3.8) is 0 Å². The Kier molecular flexibility index (Phi) is 13.2. The Morgan fingerprint density at radius 3 is 2.40 bits per heavy atom. The van der Waals surface area contributed by atoms with Crippen LogP contribution in [0, 0.1) is 0 Å². The summed E-state index contributed by atoms with van der Waals surface area (Å²) in [4.78, 5) is 11.1. The average molecular weight is 278 g/mol. The number of hydrogen-bond acceptors (Lipinski definition) is 2. The highest BCUT2D eigenvalue weighted by atomic mass is 16.5. The molecule has 2 heteroatoms. The fraction of sp³-hybridized carbons (Fsp3) is 0.611. The lowest BCUT2D eigenvalue weighted by molar-refractivity contribution is -0.147. The zero-order chi connectivity index (χ0) is 15.1. The van der Waals surface area contributed by atoms with E-state index in [0.717, 1.165) is 38.5 Å². The topological polar surface area (TPSA) is 26.3 Å². The summed E-state index contributed by atoms with van der Waals surface area (Å²) in [5.74, 6) is -0.152. The Hall–Kier alpha value is -1.31. The van der Waals surface area contributed by atoms with Gasteiger partial charge in [0.25, 0.3) is 0 Å². The second-order valence-corrected chi connectivity index (χ2v) is 5.06. The molecular formula is C18H30O2. The standard InChI is InChI=1S/C18H30O2/c1-4-6-8-9-10-11-12-14-16-18(20-17(3)19)15-13-7-5-2/h4,6,8-10,18H,1,5,7,11-16H2,2-3H3. The van der Waals surface area contributed by atoms with E-state index in [1.165, 1.54) is 19.8 Å². The van der Waals surface area contributed by atoms with E-state index in [-0.39, 0.29) is 12.1 Å². The summed E-state index contributed by atoms with van der Waals surface area (Å²) in [6.45, 7) is 7.31. The van der Waals surface area contributed by atoms with Crippen LogP contribution in [-0.4, -0.2) is 12.1 Å². The third kappa shape index (κ3) is 13.1. The second-order valence-electron chi connectivity index (χ2n) is 5.06. The molecular weight excluding hydrogens is 248 g/mol. The van der Waals surface area contributed by atoms with Crippen LogP contribution in [-0.2, 0) is 9.53 Å². The van der Waals surface area contributed by atoms with E-state index in [4.69, 9.17) is 4.74 Å². The summed E-state index contributed by atoms with van der Waals surface area (Å²) in [6, 6.07) is 0. The van der Waals surface area contributed by atoms with Gasteiger partial charge in [-0.25, -0.2) is 0 Å². The zero-order valence-electron chi connectivity index (χ0n) is 13.1. The number of rotatable bonds is 12. The number of ether oxygens (including phenoxy) is 1. The largest absolute Gasteiger partial charge is 0.463 e. The summed E-state index contributed by atoms with van der Waals surface area (Å²) in [5, 5.41) is 0. The van der Waals surface area contributed by atoms with Gasteiger partial charge in [-0.2, -0.15) is 0 Å². The molecule has 0 aromatic rings. The van der Waals surface area contributed by atoms with Crippen LogP contribution in [0.4, 0.5) is 0 Å². The summed E-state index contributed by atoms with van der Waals surface area (Å²) in [5.41, 5.74) is 0. The number of allylic oxidation sites excluding steroid dienone is 5. The smallest absolute Gasteiger partial charge is 0.302 e. The quantitative estimate of drug-likeness (QED) is 0.273. The van der Waals surface area contributed by atoms with Crippen LogP contribution in [0.15, 0.2) is 37.0 Å². The molecule has 0 saturated carbocycles. The lowest BCUT2D eigenvalue weighted by atomic mass is 10.0. The van der Waals surface area contributed by atoms with Gasteiger partial charge in [-0.1, -0.05) is 56.7 Å². The Morgan fingerprint density at radius 1 is 1.10 bits per heavy atom. The summed E-state index contributed by atoms with van der Waals surface area (Å²) < 4.78 is 5.38. The summed E-state index contributed by atoms with van der Waals surface area (Å²) in [7, 11) is 0. The highest BCUT2D eigenvalue weighted by Crippen LogP contribution is 2.14. The zero-order valence-corrected chi connectivity index (χ0v) is 13.1. The van der Waals surface area contributed by atoms with E-state index in [1.54, 1.807) is 6.08 Å². The second kappa shape index (κ2) is 14.1. The van der Waals surface area contributed by atoms with E-state index in [2.05, 4.69) is 19.6 Å². The third-order valence-electron chi connectivity index (χ3n) is 3.10. The average Bonchev–Trinajstić information content (AvgIpc) is 2.41. The molecule has 0 amide bonds. The first kappa shape index (κ1) is 18.7. The molecule has 0 aromatic heterocycles. The maximum absolute atomic E-state index is 11.1. The van der Waals surface area contributed by atoms with Crippen LogP contribution in [0.2, 0.25) is 0 Å². The summed E-state index contributed by atoms with van der Waals surface area (Å²) in [6.07, 6.45) is 18.9. The van der Waals surface area contributed by atoms with E-state index in [9.17, 15) is 4.79 Å². The van der Waals surface area contributed by atoms with Gasteiger partial charge in [0.15, 0.2) is 0 Å². The van der Waals surface area contributed by atoms with Gasteiger partial charge in [0, 0.05) is 6.92 Å². The lowest BCUT2D eigenvalue weighted by Crippen LogP contribution is -2.16. The van der Waals surface area contributed by atoms with Gasteiger partial charge >= 0.3 is 5.97 Å². The van der Waals surface area contributed by atoms with Gasteiger partial charge < -0.3 is 4.74 Å². The molecule has 0 N–H and O–H groups in total. The number of esters is 1. The van der Waals surface area contributed by atoms with Crippen LogP contribution >= 0.6 is 0 Å². The van der Waals surface area contributed by atoms with E-state index >= 15 is 0 Å². The number of carbonyl (C=O) groups excluding carboxylic acids is 1. The molecule has 2 nitrogen and oxygen atoms in total. The van der Waals surface area contributed by atoms with Crippen molar-refractivity contribution in [3.05, 3.63) is 37.0 Å². The third-order valence-corrected chi connectivity index (χ3v) is 3.10. The fourth-order valence-corrected chi connectivity index (χ4v) is 2.07. The molecule has 114 valence electrons.